The second-order valence-corrected chi connectivity index (χ2v) is 5.53. The predicted molar refractivity (Wildman–Crippen MR) is 95.5 cm³/mol. The lowest BCUT2D eigenvalue weighted by atomic mass is 10.0. The maximum Gasteiger partial charge on any atom is 0.190 e. The van der Waals surface area contributed by atoms with Gasteiger partial charge >= 0.3 is 0 Å². The van der Waals surface area contributed by atoms with E-state index in [9.17, 15) is 4.79 Å². The zero-order valence-electron chi connectivity index (χ0n) is 12.3. The van der Waals surface area contributed by atoms with Crippen LogP contribution in [0.5, 0.6) is 0 Å². The van der Waals surface area contributed by atoms with Gasteiger partial charge in [-0.15, -0.1) is 0 Å². The van der Waals surface area contributed by atoms with Crippen LogP contribution in [-0.2, 0) is 0 Å². The van der Waals surface area contributed by atoms with Gasteiger partial charge in [-0.1, -0.05) is 31.7 Å². The minimum absolute atomic E-state index is 0. The fraction of sp³-hybridized carbons (Fsp3) is 0.158. The zero-order chi connectivity index (χ0) is 15.3. The molecular weight excluding hydrogens is 288 g/mol. The van der Waals surface area contributed by atoms with Crippen molar-refractivity contribution < 1.29 is 4.42 Å². The molecule has 0 aromatic heterocycles. The Kier molecular flexibility index (Phi) is 3.52. The monoisotopic (exact) mass is 306 g/mol. The number of benzene rings is 3. The summed E-state index contributed by atoms with van der Waals surface area (Å²) in [5.41, 5.74) is 3.16. The summed E-state index contributed by atoms with van der Waals surface area (Å²) < 4.78 is 5.94. The van der Waals surface area contributed by atoms with Gasteiger partial charge in [0, 0.05) is 42.7 Å². The lowest BCUT2D eigenvalue weighted by Crippen LogP contribution is -2.08. The number of anilines is 1. The van der Waals surface area contributed by atoms with Gasteiger partial charge in [-0.3, -0.25) is 4.79 Å². The molecule has 2 aromatic carbocycles. The molecule has 116 valence electrons. The van der Waals surface area contributed by atoms with E-state index >= 15 is 0 Å². The van der Waals surface area contributed by atoms with E-state index in [1.54, 1.807) is 0 Å². The molecule has 0 saturated heterocycles. The molecule has 0 spiro atoms. The first kappa shape index (κ1) is 15.0. The van der Waals surface area contributed by atoms with E-state index in [-0.39, 0.29) is 12.9 Å². The summed E-state index contributed by atoms with van der Waals surface area (Å²) in [5, 5.41) is 1.49. The number of fused-ring (bicyclic) bond motifs is 4. The van der Waals surface area contributed by atoms with Crippen LogP contribution in [0.4, 0.5) is 5.69 Å². The van der Waals surface area contributed by atoms with Crippen molar-refractivity contribution >= 4 is 27.6 Å². The second kappa shape index (κ2) is 5.39. The van der Waals surface area contributed by atoms with E-state index in [0.29, 0.717) is 16.7 Å². The fourth-order valence-corrected chi connectivity index (χ4v) is 2.69. The lowest BCUT2D eigenvalue weighted by molar-refractivity contribution is 0.614. The summed E-state index contributed by atoms with van der Waals surface area (Å²) in [6.07, 6.45) is 0. The van der Waals surface area contributed by atoms with Crippen molar-refractivity contribution in [3.05, 3.63) is 58.8 Å². The van der Waals surface area contributed by atoms with E-state index in [0.717, 1.165) is 22.3 Å². The van der Waals surface area contributed by atoms with Crippen LogP contribution in [0, 0.1) is 0 Å². The Morgan fingerprint density at radius 3 is 2.48 bits per heavy atom. The molecule has 0 saturated carbocycles. The smallest absolute Gasteiger partial charge is 0.190 e. The molecule has 0 bridgehead atoms. The van der Waals surface area contributed by atoms with Crippen molar-refractivity contribution in [2.75, 3.05) is 19.0 Å². The summed E-state index contributed by atoms with van der Waals surface area (Å²) in [5.74, 6) is 0.520. The molecule has 1 heterocycles. The van der Waals surface area contributed by atoms with E-state index in [1.807, 2.05) is 61.5 Å². The zero-order valence-corrected chi connectivity index (χ0v) is 12.3. The van der Waals surface area contributed by atoms with Crippen LogP contribution in [0.2, 0.25) is 0 Å². The molecule has 1 aliphatic heterocycles. The van der Waals surface area contributed by atoms with E-state index in [1.165, 1.54) is 6.07 Å². The molecule has 23 heavy (non-hydrogen) atoms. The highest BCUT2D eigenvalue weighted by Crippen LogP contribution is 2.31. The highest BCUT2D eigenvalue weighted by Gasteiger charge is 2.15. The molecule has 0 unspecified atom stereocenters. The number of hydrogen-bond donors (Lipinski definition) is 0. The first-order valence-electron chi connectivity index (χ1n) is 7.07. The van der Waals surface area contributed by atoms with Gasteiger partial charge < -0.3 is 9.32 Å². The lowest BCUT2D eigenvalue weighted by Gasteiger charge is -2.14. The topological polar surface area (TPSA) is 46.3 Å². The normalized spacial score (nSPS) is 10.9. The Hall–Kier alpha value is -2.88. The van der Waals surface area contributed by atoms with Crippen LogP contribution in [0.15, 0.2) is 57.7 Å². The van der Waals surface area contributed by atoms with Gasteiger partial charge in [0.1, 0.15) is 11.2 Å². The Morgan fingerprint density at radius 2 is 1.74 bits per heavy atom. The third kappa shape index (κ3) is 2.32. The van der Waals surface area contributed by atoms with Crippen LogP contribution in [-0.4, -0.2) is 19.1 Å². The van der Waals surface area contributed by atoms with E-state index in [2.05, 4.69) is 0 Å². The molecule has 4 nitrogen and oxygen atoms in total. The van der Waals surface area contributed by atoms with Crippen molar-refractivity contribution in [1.82, 2.24) is 4.98 Å². The van der Waals surface area contributed by atoms with Gasteiger partial charge in [0.2, 0.25) is 0 Å². The van der Waals surface area contributed by atoms with Crippen LogP contribution in [0.3, 0.4) is 0 Å². The first-order valence-corrected chi connectivity index (χ1v) is 7.07. The summed E-state index contributed by atoms with van der Waals surface area (Å²) in [7, 11) is 3.94. The summed E-state index contributed by atoms with van der Waals surface area (Å²) in [6.45, 7) is 0. The van der Waals surface area contributed by atoms with Crippen LogP contribution >= 0.6 is 0 Å². The second-order valence-electron chi connectivity index (χ2n) is 5.53. The van der Waals surface area contributed by atoms with Gasteiger partial charge in [-0.05, 0) is 12.1 Å². The maximum absolute atomic E-state index is 12.2. The third-order valence-electron chi connectivity index (χ3n) is 3.86. The van der Waals surface area contributed by atoms with Crippen molar-refractivity contribution in [3.8, 4) is 11.5 Å². The van der Waals surface area contributed by atoms with E-state index < -0.39 is 0 Å². The Balaban J connectivity index is 0.00000156. The SMILES string of the molecule is C.CN(C)c1ccc2nc3c4ccccc4c(=O)cc-3oc2c1. The Bertz CT molecular complexity index is 1030. The highest BCUT2D eigenvalue weighted by molar-refractivity contribution is 5.96. The highest BCUT2D eigenvalue weighted by atomic mass is 16.3. The molecule has 0 radical (unpaired) electrons. The molecule has 4 heteroatoms. The number of rotatable bonds is 1. The third-order valence-corrected chi connectivity index (χ3v) is 3.86. The average Bonchev–Trinajstić information content (AvgIpc) is 2.53. The average molecular weight is 306 g/mol. The minimum atomic E-state index is -0.0447. The van der Waals surface area contributed by atoms with Crippen LogP contribution < -0.4 is 10.3 Å². The Labute approximate surface area is 134 Å². The van der Waals surface area contributed by atoms with Gasteiger partial charge in [-0.25, -0.2) is 4.98 Å². The van der Waals surface area contributed by atoms with Gasteiger partial charge in [0.15, 0.2) is 16.8 Å². The van der Waals surface area contributed by atoms with Crippen molar-refractivity contribution in [2.24, 2.45) is 0 Å². The molecule has 0 fully saturated rings. The molecule has 1 aliphatic carbocycles. The van der Waals surface area contributed by atoms with Crippen molar-refractivity contribution in [2.45, 2.75) is 7.43 Å². The number of hydrogen-bond acceptors (Lipinski definition) is 4. The quantitative estimate of drug-likeness (QED) is 0.391. The molecule has 0 N–H and O–H groups in total. The molecule has 2 aliphatic rings. The number of aromatic nitrogens is 1. The predicted octanol–water partition coefficient (Wildman–Crippen LogP) is 4.15. The number of nitrogens with zero attached hydrogens (tertiary/aromatic N) is 2. The standard InChI is InChI=1S/C18H14N2O2.CH4/c1-20(2)11-7-8-14-16(9-11)22-17-10-15(21)12-5-3-4-6-13(12)18(17)19-14;/h3-10H,1-2H3;1H4. The van der Waals surface area contributed by atoms with Gasteiger partial charge in [-0.2, -0.15) is 0 Å². The van der Waals surface area contributed by atoms with Gasteiger partial charge in [0.25, 0.3) is 0 Å². The molecule has 0 amide bonds. The minimum Gasteiger partial charge on any atom is -0.453 e. The van der Waals surface area contributed by atoms with Crippen LogP contribution in [0.1, 0.15) is 7.43 Å². The molecule has 0 atom stereocenters. The molecule has 2 aromatic rings. The first-order chi connectivity index (χ1) is 10.6. The summed E-state index contributed by atoms with van der Waals surface area (Å²) in [4.78, 5) is 18.9. The van der Waals surface area contributed by atoms with Crippen molar-refractivity contribution in [1.29, 1.82) is 0 Å². The van der Waals surface area contributed by atoms with E-state index in [4.69, 9.17) is 9.40 Å². The Morgan fingerprint density at radius 1 is 1.00 bits per heavy atom. The van der Waals surface area contributed by atoms with Crippen LogP contribution in [0.25, 0.3) is 33.3 Å². The summed E-state index contributed by atoms with van der Waals surface area (Å²) in [6, 6.07) is 14.9. The molecule has 4 rings (SSSR count). The summed E-state index contributed by atoms with van der Waals surface area (Å²) >= 11 is 0. The fourth-order valence-electron chi connectivity index (χ4n) is 2.69. The van der Waals surface area contributed by atoms with Crippen molar-refractivity contribution in [3.63, 3.8) is 0 Å². The van der Waals surface area contributed by atoms with Gasteiger partial charge in [0.05, 0.1) is 0 Å². The maximum atomic E-state index is 12.2. The molecular formula is C19H18N2O2. The largest absolute Gasteiger partial charge is 0.453 e.